The normalized spacial score (nSPS) is 24.9. The van der Waals surface area contributed by atoms with Crippen molar-refractivity contribution in [2.75, 3.05) is 12.9 Å². The summed E-state index contributed by atoms with van der Waals surface area (Å²) in [6.45, 7) is 0. The van der Waals surface area contributed by atoms with Crippen LogP contribution in [0.1, 0.15) is 23.5 Å². The Bertz CT molecular complexity index is 654. The van der Waals surface area contributed by atoms with Gasteiger partial charge in [0.05, 0.1) is 18.1 Å². The number of fused-ring (bicyclic) bond motifs is 1. The van der Waals surface area contributed by atoms with Crippen LogP contribution < -0.4 is 4.74 Å². The number of rotatable bonds is 2. The second-order valence-corrected chi connectivity index (χ2v) is 7.70. The number of hydrogen-bond acceptors (Lipinski definition) is 4. The lowest BCUT2D eigenvalue weighted by atomic mass is 9.85. The summed E-state index contributed by atoms with van der Waals surface area (Å²) >= 11 is 0. The molecule has 0 aromatic heterocycles. The fraction of sp³-hybridized carbons (Fsp3) is 0.294. The summed E-state index contributed by atoms with van der Waals surface area (Å²) in [5.41, 5.74) is 1.73. The highest BCUT2D eigenvalue weighted by molar-refractivity contribution is 8.24. The molecule has 1 aliphatic rings. The molecule has 0 amide bonds. The van der Waals surface area contributed by atoms with Crippen molar-refractivity contribution in [3.05, 3.63) is 59.7 Å². The van der Waals surface area contributed by atoms with Crippen LogP contribution in [0.15, 0.2) is 53.4 Å². The van der Waals surface area contributed by atoms with Crippen LogP contribution in [-0.2, 0) is 0 Å². The molecule has 0 fully saturated rings. The monoisotopic (exact) mass is 320 g/mol. The van der Waals surface area contributed by atoms with Gasteiger partial charge in [-0.25, -0.2) is 0 Å². The Kier molecular flexibility index (Phi) is 4.14. The van der Waals surface area contributed by atoms with E-state index < -0.39 is 16.7 Å². The van der Waals surface area contributed by atoms with Gasteiger partial charge in [-0.15, -0.1) is 0 Å². The van der Waals surface area contributed by atoms with E-state index in [4.69, 9.17) is 4.74 Å². The molecule has 118 valence electrons. The van der Waals surface area contributed by atoms with Gasteiger partial charge in [0, 0.05) is 11.7 Å². The molecule has 0 spiro atoms. The van der Waals surface area contributed by atoms with Crippen molar-refractivity contribution < 1.29 is 18.9 Å². The summed E-state index contributed by atoms with van der Waals surface area (Å²) in [6.07, 6.45) is -0.295. The summed E-state index contributed by atoms with van der Waals surface area (Å²) in [5.74, 6) is 0.679. The summed E-state index contributed by atoms with van der Waals surface area (Å²) in [6, 6.07) is 14.8. The molecule has 2 aromatic carbocycles. The largest absolute Gasteiger partial charge is 0.497 e. The number of aliphatic hydroxyl groups is 1. The predicted octanol–water partition coefficient (Wildman–Crippen LogP) is 3.70. The van der Waals surface area contributed by atoms with Crippen molar-refractivity contribution in [3.63, 3.8) is 0 Å². The minimum absolute atomic E-state index is 0.192. The molecule has 5 heteroatoms. The number of hydrogen-bond donors (Lipinski definition) is 3. The van der Waals surface area contributed by atoms with E-state index in [1.165, 1.54) is 0 Å². The van der Waals surface area contributed by atoms with Gasteiger partial charge in [-0.2, -0.15) is 10.6 Å². The van der Waals surface area contributed by atoms with E-state index in [0.717, 1.165) is 16.9 Å². The fourth-order valence-corrected chi connectivity index (χ4v) is 4.68. The van der Waals surface area contributed by atoms with Crippen LogP contribution in [0.5, 0.6) is 5.75 Å². The van der Waals surface area contributed by atoms with E-state index in [-0.39, 0.29) is 11.7 Å². The van der Waals surface area contributed by atoms with Crippen LogP contribution >= 0.6 is 10.6 Å². The van der Waals surface area contributed by atoms with E-state index >= 15 is 0 Å². The van der Waals surface area contributed by atoms with E-state index in [9.17, 15) is 14.2 Å². The number of aliphatic hydroxyl groups excluding tert-OH is 1. The van der Waals surface area contributed by atoms with Crippen LogP contribution in [0.25, 0.3) is 0 Å². The molecule has 0 saturated carbocycles. The van der Waals surface area contributed by atoms with Gasteiger partial charge in [-0.1, -0.05) is 30.3 Å². The first-order valence-electron chi connectivity index (χ1n) is 7.20. The molecule has 0 aliphatic carbocycles. The highest BCUT2D eigenvalue weighted by Gasteiger charge is 2.34. The first kappa shape index (κ1) is 15.4. The lowest BCUT2D eigenvalue weighted by Gasteiger charge is -2.32. The molecule has 1 aliphatic heterocycles. The maximum Gasteiger partial charge on any atom is 0.118 e. The highest BCUT2D eigenvalue weighted by atomic mass is 32.3. The van der Waals surface area contributed by atoms with Crippen molar-refractivity contribution in [1.82, 2.24) is 0 Å². The summed E-state index contributed by atoms with van der Waals surface area (Å²) in [5, 5.41) is 10.6. The van der Waals surface area contributed by atoms with Gasteiger partial charge < -0.3 is 9.84 Å². The smallest absolute Gasteiger partial charge is 0.118 e. The second kappa shape index (κ2) is 5.93. The SMILES string of the molecule is COc1ccc(C2c3ccccc3S(O)(O)CCC2O)cc1. The minimum Gasteiger partial charge on any atom is -0.497 e. The summed E-state index contributed by atoms with van der Waals surface area (Å²) < 4.78 is 25.9. The van der Waals surface area contributed by atoms with Gasteiger partial charge in [-0.05, 0) is 35.7 Å². The molecule has 1 heterocycles. The first-order valence-corrected chi connectivity index (χ1v) is 8.91. The van der Waals surface area contributed by atoms with E-state index in [0.29, 0.717) is 11.3 Å². The Morgan fingerprint density at radius 3 is 2.41 bits per heavy atom. The van der Waals surface area contributed by atoms with Crippen molar-refractivity contribution in [2.45, 2.75) is 23.3 Å². The Balaban J connectivity index is 2.11. The zero-order valence-electron chi connectivity index (χ0n) is 12.3. The van der Waals surface area contributed by atoms with Crippen molar-refractivity contribution >= 4 is 10.6 Å². The predicted molar refractivity (Wildman–Crippen MR) is 87.9 cm³/mol. The molecule has 4 nitrogen and oxygen atoms in total. The van der Waals surface area contributed by atoms with Gasteiger partial charge in [-0.3, -0.25) is 9.11 Å². The quantitative estimate of drug-likeness (QED) is 0.789. The van der Waals surface area contributed by atoms with Gasteiger partial charge in [0.25, 0.3) is 0 Å². The average Bonchev–Trinajstić information content (AvgIpc) is 2.63. The molecular weight excluding hydrogens is 300 g/mol. The molecule has 2 unspecified atom stereocenters. The van der Waals surface area contributed by atoms with E-state index in [1.54, 1.807) is 19.2 Å². The Hall–Kier alpha value is -1.53. The standard InChI is InChI=1S/C17H20O4S/c1-21-13-8-6-12(7-9-13)17-14-4-2-3-5-16(14)22(19,20)11-10-15(17)18/h2-9,15,17-20H,10-11H2,1H3. The molecule has 0 saturated heterocycles. The van der Waals surface area contributed by atoms with Crippen LogP contribution in [0, 0.1) is 0 Å². The Morgan fingerprint density at radius 1 is 1.05 bits per heavy atom. The van der Waals surface area contributed by atoms with Crippen LogP contribution in [0.2, 0.25) is 0 Å². The minimum atomic E-state index is -2.85. The van der Waals surface area contributed by atoms with E-state index in [2.05, 4.69) is 0 Å². The van der Waals surface area contributed by atoms with Crippen LogP contribution in [-0.4, -0.2) is 33.2 Å². The third kappa shape index (κ3) is 2.73. The lowest BCUT2D eigenvalue weighted by molar-refractivity contribution is 0.153. The van der Waals surface area contributed by atoms with E-state index in [1.807, 2.05) is 36.4 Å². The maximum atomic E-state index is 10.6. The van der Waals surface area contributed by atoms with Gasteiger partial charge in [0.2, 0.25) is 0 Å². The Morgan fingerprint density at radius 2 is 1.73 bits per heavy atom. The number of benzene rings is 2. The third-order valence-electron chi connectivity index (χ3n) is 4.16. The zero-order valence-corrected chi connectivity index (χ0v) is 13.2. The topological polar surface area (TPSA) is 69.9 Å². The molecule has 3 N–H and O–H groups in total. The van der Waals surface area contributed by atoms with Crippen LogP contribution in [0.4, 0.5) is 0 Å². The second-order valence-electron chi connectivity index (χ2n) is 5.52. The van der Waals surface area contributed by atoms with Crippen molar-refractivity contribution in [3.8, 4) is 5.75 Å². The van der Waals surface area contributed by atoms with Crippen molar-refractivity contribution in [2.24, 2.45) is 0 Å². The van der Waals surface area contributed by atoms with Gasteiger partial charge in [0.15, 0.2) is 0 Å². The first-order chi connectivity index (χ1) is 10.5. The van der Waals surface area contributed by atoms with Crippen molar-refractivity contribution in [1.29, 1.82) is 0 Å². The van der Waals surface area contributed by atoms with Crippen LogP contribution in [0.3, 0.4) is 0 Å². The lowest BCUT2D eigenvalue weighted by Crippen LogP contribution is -2.19. The molecule has 22 heavy (non-hydrogen) atoms. The number of methoxy groups -OCH3 is 1. The third-order valence-corrected chi connectivity index (χ3v) is 6.05. The molecule has 0 bridgehead atoms. The maximum absolute atomic E-state index is 10.6. The summed E-state index contributed by atoms with van der Waals surface area (Å²) in [7, 11) is -1.24. The van der Waals surface area contributed by atoms with Gasteiger partial charge in [0.1, 0.15) is 5.75 Å². The summed E-state index contributed by atoms with van der Waals surface area (Å²) in [4.78, 5) is 0.548. The number of ether oxygens (including phenoxy) is 1. The zero-order chi connectivity index (χ0) is 15.7. The Labute approximate surface area is 131 Å². The molecule has 3 rings (SSSR count). The molecule has 0 radical (unpaired) electrons. The fourth-order valence-electron chi connectivity index (χ4n) is 3.02. The molecule has 2 aromatic rings. The van der Waals surface area contributed by atoms with Gasteiger partial charge >= 0.3 is 0 Å². The average molecular weight is 320 g/mol. The highest BCUT2D eigenvalue weighted by Crippen LogP contribution is 2.55. The molecular formula is C17H20O4S. The molecule has 2 atom stereocenters.